The number of aliphatic hydroxyl groups excluding tert-OH is 2. The van der Waals surface area contributed by atoms with Crippen LogP contribution in [0.2, 0.25) is 0 Å². The van der Waals surface area contributed by atoms with Crippen molar-refractivity contribution < 1.29 is 10.2 Å². The molecule has 1 atom stereocenters. The average Bonchev–Trinajstić information content (AvgIpc) is 2.45. The second kappa shape index (κ2) is 16.7. The van der Waals surface area contributed by atoms with E-state index < -0.39 is 0 Å². The summed E-state index contributed by atoms with van der Waals surface area (Å²) in [7, 11) is 0. The Bertz CT molecular complexity index is 202. The Hall–Kier alpha value is -0.340. The molecule has 0 saturated carbocycles. The number of hydrogen-bond donors (Lipinski definition) is 2. The highest BCUT2D eigenvalue weighted by atomic mass is 16.3. The van der Waals surface area contributed by atoms with Crippen LogP contribution in [0.3, 0.4) is 0 Å². The Kier molecular flexibility index (Phi) is 16.4. The molecule has 0 radical (unpaired) electrons. The Morgan fingerprint density at radius 3 is 2.15 bits per heavy atom. The van der Waals surface area contributed by atoms with Crippen molar-refractivity contribution in [2.75, 3.05) is 6.61 Å². The first-order valence-electron chi connectivity index (χ1n) is 8.75. The number of allylic oxidation sites excluding steroid dienone is 1. The van der Waals surface area contributed by atoms with E-state index in [0.29, 0.717) is 6.61 Å². The number of aliphatic hydroxyl groups is 2. The van der Waals surface area contributed by atoms with Crippen molar-refractivity contribution in [2.24, 2.45) is 0 Å². The zero-order valence-electron chi connectivity index (χ0n) is 13.5. The van der Waals surface area contributed by atoms with E-state index in [-0.39, 0.29) is 6.10 Å². The zero-order chi connectivity index (χ0) is 14.9. The Balaban J connectivity index is 3.21. The molecule has 0 fully saturated rings. The lowest BCUT2D eigenvalue weighted by atomic mass is 10.1. The topological polar surface area (TPSA) is 40.5 Å². The van der Waals surface area contributed by atoms with Gasteiger partial charge in [-0.25, -0.2) is 0 Å². The fraction of sp³-hybridized carbons (Fsp3) is 0.889. The Morgan fingerprint density at radius 1 is 0.800 bits per heavy atom. The van der Waals surface area contributed by atoms with Crippen LogP contribution >= 0.6 is 0 Å². The molecule has 0 saturated heterocycles. The van der Waals surface area contributed by atoms with Gasteiger partial charge in [0.2, 0.25) is 0 Å². The van der Waals surface area contributed by atoms with Gasteiger partial charge in [0.05, 0.1) is 6.10 Å². The molecule has 2 heteroatoms. The highest BCUT2D eigenvalue weighted by Gasteiger charge is 2.00. The Labute approximate surface area is 126 Å². The van der Waals surface area contributed by atoms with Crippen LogP contribution in [0.5, 0.6) is 0 Å². The molecule has 2 N–H and O–H groups in total. The van der Waals surface area contributed by atoms with Crippen molar-refractivity contribution in [3.8, 4) is 0 Å². The lowest BCUT2D eigenvalue weighted by molar-refractivity contribution is 0.163. The molecule has 0 aromatic rings. The molecular weight excluding hydrogens is 248 g/mol. The summed E-state index contributed by atoms with van der Waals surface area (Å²) in [6.07, 6.45) is 19.3. The van der Waals surface area contributed by atoms with Crippen LogP contribution in [0.25, 0.3) is 0 Å². The normalized spacial score (nSPS) is 13.2. The maximum Gasteiger partial charge on any atom is 0.0574 e. The largest absolute Gasteiger partial charge is 0.396 e. The lowest BCUT2D eigenvalue weighted by Gasteiger charge is -2.07. The molecule has 0 aromatic carbocycles. The van der Waals surface area contributed by atoms with Gasteiger partial charge in [0.15, 0.2) is 0 Å². The van der Waals surface area contributed by atoms with E-state index in [2.05, 4.69) is 19.1 Å². The van der Waals surface area contributed by atoms with Crippen LogP contribution in [0.15, 0.2) is 12.2 Å². The Morgan fingerprint density at radius 2 is 1.45 bits per heavy atom. The summed E-state index contributed by atoms with van der Waals surface area (Å²) < 4.78 is 0. The molecule has 0 aliphatic carbocycles. The van der Waals surface area contributed by atoms with E-state index in [9.17, 15) is 5.11 Å². The van der Waals surface area contributed by atoms with Gasteiger partial charge in [-0.15, -0.1) is 0 Å². The van der Waals surface area contributed by atoms with Crippen molar-refractivity contribution in [1.29, 1.82) is 0 Å². The molecule has 120 valence electrons. The molecule has 0 rings (SSSR count). The summed E-state index contributed by atoms with van der Waals surface area (Å²) in [4.78, 5) is 0. The predicted molar refractivity (Wildman–Crippen MR) is 87.9 cm³/mol. The monoisotopic (exact) mass is 284 g/mol. The fourth-order valence-corrected chi connectivity index (χ4v) is 2.38. The fourth-order valence-electron chi connectivity index (χ4n) is 2.38. The highest BCUT2D eigenvalue weighted by molar-refractivity contribution is 4.83. The quantitative estimate of drug-likeness (QED) is 0.328. The lowest BCUT2D eigenvalue weighted by Crippen LogP contribution is -2.04. The number of rotatable bonds is 15. The van der Waals surface area contributed by atoms with Crippen LogP contribution in [0.4, 0.5) is 0 Å². The van der Waals surface area contributed by atoms with Gasteiger partial charge in [-0.1, -0.05) is 70.4 Å². The summed E-state index contributed by atoms with van der Waals surface area (Å²) >= 11 is 0. The average molecular weight is 284 g/mol. The van der Waals surface area contributed by atoms with Gasteiger partial charge in [0, 0.05) is 6.61 Å². The van der Waals surface area contributed by atoms with Crippen LogP contribution in [0, 0.1) is 0 Å². The maximum atomic E-state index is 9.80. The van der Waals surface area contributed by atoms with Gasteiger partial charge < -0.3 is 10.2 Å². The SMILES string of the molecule is CCCCCC[C@@H](O)CC=CCCCCCCCCO. The number of hydrogen-bond acceptors (Lipinski definition) is 2. The van der Waals surface area contributed by atoms with Crippen LogP contribution < -0.4 is 0 Å². The van der Waals surface area contributed by atoms with E-state index in [0.717, 1.165) is 38.5 Å². The minimum Gasteiger partial charge on any atom is -0.396 e. The molecule has 20 heavy (non-hydrogen) atoms. The standard InChI is InChI=1S/C18H36O2/c1-2-3-4-12-15-18(20)16-13-10-8-6-5-7-9-11-14-17-19/h10,13,18-20H,2-9,11-12,14-17H2,1H3/t18-/m1/s1. The second-order valence-corrected chi connectivity index (χ2v) is 5.84. The van der Waals surface area contributed by atoms with Gasteiger partial charge in [-0.2, -0.15) is 0 Å². The summed E-state index contributed by atoms with van der Waals surface area (Å²) in [5, 5.41) is 18.5. The highest BCUT2D eigenvalue weighted by Crippen LogP contribution is 2.10. The summed E-state index contributed by atoms with van der Waals surface area (Å²) in [6, 6.07) is 0. The van der Waals surface area contributed by atoms with Crippen LogP contribution in [-0.2, 0) is 0 Å². The van der Waals surface area contributed by atoms with Crippen molar-refractivity contribution >= 4 is 0 Å². The van der Waals surface area contributed by atoms with E-state index in [1.807, 2.05) is 0 Å². The molecule has 0 aliphatic heterocycles. The minimum absolute atomic E-state index is 0.137. The van der Waals surface area contributed by atoms with Crippen molar-refractivity contribution in [1.82, 2.24) is 0 Å². The smallest absolute Gasteiger partial charge is 0.0574 e. The molecule has 0 amide bonds. The van der Waals surface area contributed by atoms with Crippen LogP contribution in [-0.4, -0.2) is 22.9 Å². The second-order valence-electron chi connectivity index (χ2n) is 5.84. The van der Waals surface area contributed by atoms with Gasteiger partial charge in [-0.3, -0.25) is 0 Å². The summed E-state index contributed by atoms with van der Waals surface area (Å²) in [6.45, 7) is 2.55. The summed E-state index contributed by atoms with van der Waals surface area (Å²) in [5.74, 6) is 0. The first-order valence-corrected chi connectivity index (χ1v) is 8.75. The third-order valence-electron chi connectivity index (χ3n) is 3.74. The predicted octanol–water partition coefficient (Wildman–Crippen LogP) is 4.99. The zero-order valence-corrected chi connectivity index (χ0v) is 13.5. The molecular formula is C18H36O2. The molecule has 2 nitrogen and oxygen atoms in total. The van der Waals surface area contributed by atoms with E-state index >= 15 is 0 Å². The van der Waals surface area contributed by atoms with Crippen molar-refractivity contribution in [2.45, 2.75) is 96.5 Å². The number of unbranched alkanes of at least 4 members (excludes halogenated alkanes) is 9. The first kappa shape index (κ1) is 19.7. The van der Waals surface area contributed by atoms with Crippen LogP contribution in [0.1, 0.15) is 90.4 Å². The third-order valence-corrected chi connectivity index (χ3v) is 3.74. The third kappa shape index (κ3) is 15.7. The van der Waals surface area contributed by atoms with Gasteiger partial charge in [-0.05, 0) is 32.1 Å². The molecule has 0 heterocycles. The maximum absolute atomic E-state index is 9.80. The van der Waals surface area contributed by atoms with Gasteiger partial charge in [0.1, 0.15) is 0 Å². The first-order chi connectivity index (χ1) is 9.81. The molecule has 0 unspecified atom stereocenters. The van der Waals surface area contributed by atoms with Gasteiger partial charge >= 0.3 is 0 Å². The minimum atomic E-state index is -0.137. The van der Waals surface area contributed by atoms with Gasteiger partial charge in [0.25, 0.3) is 0 Å². The molecule has 0 spiro atoms. The van der Waals surface area contributed by atoms with Crippen molar-refractivity contribution in [3.05, 3.63) is 12.2 Å². The molecule has 0 aromatic heterocycles. The molecule has 0 bridgehead atoms. The summed E-state index contributed by atoms with van der Waals surface area (Å²) in [5.41, 5.74) is 0. The molecule has 0 aliphatic rings. The van der Waals surface area contributed by atoms with Crippen molar-refractivity contribution in [3.63, 3.8) is 0 Å². The van der Waals surface area contributed by atoms with E-state index in [1.165, 1.54) is 44.9 Å². The van der Waals surface area contributed by atoms with E-state index in [1.54, 1.807) is 0 Å². The van der Waals surface area contributed by atoms with E-state index in [4.69, 9.17) is 5.11 Å².